The summed E-state index contributed by atoms with van der Waals surface area (Å²) in [7, 11) is 0. The third kappa shape index (κ3) is 3.58. The van der Waals surface area contributed by atoms with Crippen LogP contribution < -0.4 is 5.73 Å². The van der Waals surface area contributed by atoms with E-state index in [1.54, 1.807) is 32.0 Å². The number of fused-ring (bicyclic) bond motifs is 3. The molecule has 0 amide bonds. The van der Waals surface area contributed by atoms with Crippen molar-refractivity contribution in [1.82, 2.24) is 4.98 Å². The Hall–Kier alpha value is -3.80. The fraction of sp³-hybridized carbons (Fsp3) is 0.231. The number of anilines is 1. The molecule has 6 nitrogen and oxygen atoms in total. The summed E-state index contributed by atoms with van der Waals surface area (Å²) in [6.45, 7) is 8.35. The standard InChI is InChI=1S/C26H26N2O4/c1-5-31-25(29)16-7-9-18(21(27)11-16)20-13-23-24(15(4)14(20)3)19-10-8-17(12-22(19)28-23)26(30)32-6-2/h7-13,28H,5-6,27H2,1-4H3. The Labute approximate surface area is 186 Å². The highest BCUT2D eigenvalue weighted by atomic mass is 16.5. The summed E-state index contributed by atoms with van der Waals surface area (Å²) in [5.74, 6) is -0.724. The van der Waals surface area contributed by atoms with E-state index in [0.717, 1.165) is 44.1 Å². The van der Waals surface area contributed by atoms with Crippen molar-refractivity contribution in [3.8, 4) is 11.1 Å². The average molecular weight is 431 g/mol. The van der Waals surface area contributed by atoms with Crippen molar-refractivity contribution in [3.05, 3.63) is 64.7 Å². The second kappa shape index (κ2) is 8.38. The van der Waals surface area contributed by atoms with Crippen LogP contribution in [0.25, 0.3) is 32.9 Å². The molecular weight excluding hydrogens is 404 g/mol. The summed E-state index contributed by atoms with van der Waals surface area (Å²) in [6.07, 6.45) is 0. The SMILES string of the molecule is CCOC(=O)c1ccc(-c2cc3[nH]c4cc(C(=O)OCC)ccc4c3c(C)c2C)c(N)c1. The molecule has 0 radical (unpaired) electrons. The predicted molar refractivity (Wildman–Crippen MR) is 127 cm³/mol. The number of nitrogens with two attached hydrogens (primary N) is 1. The molecule has 164 valence electrons. The lowest BCUT2D eigenvalue weighted by atomic mass is 9.92. The highest BCUT2D eigenvalue weighted by Gasteiger charge is 2.17. The fourth-order valence-electron chi connectivity index (χ4n) is 4.14. The highest BCUT2D eigenvalue weighted by Crippen LogP contribution is 2.38. The molecule has 0 bridgehead atoms. The normalized spacial score (nSPS) is 11.1. The van der Waals surface area contributed by atoms with Crippen LogP contribution in [0, 0.1) is 13.8 Å². The fourth-order valence-corrected chi connectivity index (χ4v) is 4.14. The number of aromatic amines is 1. The van der Waals surface area contributed by atoms with Gasteiger partial charge >= 0.3 is 11.9 Å². The number of esters is 2. The lowest BCUT2D eigenvalue weighted by Gasteiger charge is -2.14. The van der Waals surface area contributed by atoms with Crippen LogP contribution in [0.1, 0.15) is 45.7 Å². The van der Waals surface area contributed by atoms with Gasteiger partial charge in [0.05, 0.1) is 24.3 Å². The predicted octanol–water partition coefficient (Wildman–Crippen LogP) is 5.54. The van der Waals surface area contributed by atoms with Crippen LogP contribution in [0.15, 0.2) is 42.5 Å². The number of hydrogen-bond acceptors (Lipinski definition) is 5. The van der Waals surface area contributed by atoms with Gasteiger partial charge in [0.25, 0.3) is 0 Å². The highest BCUT2D eigenvalue weighted by molar-refractivity contribution is 6.12. The van der Waals surface area contributed by atoms with Crippen molar-refractivity contribution in [2.75, 3.05) is 18.9 Å². The average Bonchev–Trinajstić information content (AvgIpc) is 3.14. The van der Waals surface area contributed by atoms with Crippen molar-refractivity contribution >= 4 is 39.4 Å². The van der Waals surface area contributed by atoms with Gasteiger partial charge in [-0.15, -0.1) is 0 Å². The molecule has 1 heterocycles. The molecule has 0 saturated heterocycles. The van der Waals surface area contributed by atoms with Gasteiger partial charge in [0, 0.05) is 33.1 Å². The molecule has 4 aromatic rings. The Morgan fingerprint density at radius 1 is 0.812 bits per heavy atom. The van der Waals surface area contributed by atoms with Crippen LogP contribution in [-0.2, 0) is 9.47 Å². The van der Waals surface area contributed by atoms with Gasteiger partial charge in [-0.05, 0) is 74.7 Å². The van der Waals surface area contributed by atoms with Gasteiger partial charge in [-0.3, -0.25) is 0 Å². The van der Waals surface area contributed by atoms with Crippen molar-refractivity contribution in [2.24, 2.45) is 0 Å². The van der Waals surface area contributed by atoms with Gasteiger partial charge < -0.3 is 20.2 Å². The van der Waals surface area contributed by atoms with Gasteiger partial charge in [-0.1, -0.05) is 12.1 Å². The number of rotatable bonds is 5. The molecule has 0 unspecified atom stereocenters. The smallest absolute Gasteiger partial charge is 0.338 e. The van der Waals surface area contributed by atoms with Crippen molar-refractivity contribution < 1.29 is 19.1 Å². The Kier molecular flexibility index (Phi) is 5.61. The first-order chi connectivity index (χ1) is 15.3. The molecule has 0 aliphatic heterocycles. The number of H-pyrrole nitrogens is 1. The first-order valence-electron chi connectivity index (χ1n) is 10.7. The molecule has 0 aliphatic rings. The van der Waals surface area contributed by atoms with Crippen LogP contribution in [0.4, 0.5) is 5.69 Å². The maximum absolute atomic E-state index is 12.1. The van der Waals surface area contributed by atoms with E-state index in [0.29, 0.717) is 30.0 Å². The van der Waals surface area contributed by atoms with E-state index < -0.39 is 0 Å². The second-order valence-electron chi connectivity index (χ2n) is 7.73. The third-order valence-corrected chi connectivity index (χ3v) is 5.82. The minimum Gasteiger partial charge on any atom is -0.462 e. The van der Waals surface area contributed by atoms with E-state index in [-0.39, 0.29) is 11.9 Å². The van der Waals surface area contributed by atoms with E-state index in [2.05, 4.69) is 24.9 Å². The summed E-state index contributed by atoms with van der Waals surface area (Å²) in [5.41, 5.74) is 13.7. The van der Waals surface area contributed by atoms with Crippen LogP contribution in [0.3, 0.4) is 0 Å². The van der Waals surface area contributed by atoms with E-state index in [1.165, 1.54) is 0 Å². The number of aryl methyl sites for hydroxylation is 1. The zero-order chi connectivity index (χ0) is 23.0. The number of carbonyl (C=O) groups excluding carboxylic acids is 2. The summed E-state index contributed by atoms with van der Waals surface area (Å²) >= 11 is 0. The van der Waals surface area contributed by atoms with Crippen LogP contribution in [0.5, 0.6) is 0 Å². The molecule has 0 aliphatic carbocycles. The molecular formula is C26H26N2O4. The first-order valence-corrected chi connectivity index (χ1v) is 10.7. The van der Waals surface area contributed by atoms with Crippen molar-refractivity contribution in [2.45, 2.75) is 27.7 Å². The minimum absolute atomic E-state index is 0.313. The zero-order valence-electron chi connectivity index (χ0n) is 18.7. The summed E-state index contributed by atoms with van der Waals surface area (Å²) in [4.78, 5) is 27.6. The van der Waals surface area contributed by atoms with Gasteiger partial charge in [0.15, 0.2) is 0 Å². The van der Waals surface area contributed by atoms with Crippen LogP contribution in [0.2, 0.25) is 0 Å². The molecule has 4 rings (SSSR count). The first kappa shape index (κ1) is 21.4. The van der Waals surface area contributed by atoms with E-state index in [9.17, 15) is 9.59 Å². The number of aromatic nitrogens is 1. The van der Waals surface area contributed by atoms with Gasteiger partial charge in [0.1, 0.15) is 0 Å². The molecule has 0 fully saturated rings. The van der Waals surface area contributed by atoms with E-state index >= 15 is 0 Å². The summed E-state index contributed by atoms with van der Waals surface area (Å²) in [5, 5.41) is 2.16. The Morgan fingerprint density at radius 2 is 1.44 bits per heavy atom. The van der Waals surface area contributed by atoms with Crippen molar-refractivity contribution in [3.63, 3.8) is 0 Å². The molecule has 0 atom stereocenters. The van der Waals surface area contributed by atoms with E-state index in [1.807, 2.05) is 18.2 Å². The maximum Gasteiger partial charge on any atom is 0.338 e. The topological polar surface area (TPSA) is 94.4 Å². The third-order valence-electron chi connectivity index (χ3n) is 5.82. The Bertz CT molecular complexity index is 1370. The molecule has 3 N–H and O–H groups in total. The largest absolute Gasteiger partial charge is 0.462 e. The van der Waals surface area contributed by atoms with E-state index in [4.69, 9.17) is 15.2 Å². The zero-order valence-corrected chi connectivity index (χ0v) is 18.7. The lowest BCUT2D eigenvalue weighted by molar-refractivity contribution is 0.0517. The Balaban J connectivity index is 1.85. The number of nitrogens with one attached hydrogen (secondary N) is 1. The summed E-state index contributed by atoms with van der Waals surface area (Å²) in [6, 6.07) is 12.9. The van der Waals surface area contributed by atoms with Gasteiger partial charge in [-0.25, -0.2) is 9.59 Å². The molecule has 1 aromatic heterocycles. The maximum atomic E-state index is 12.1. The quantitative estimate of drug-likeness (QED) is 0.320. The summed E-state index contributed by atoms with van der Waals surface area (Å²) < 4.78 is 10.2. The Morgan fingerprint density at radius 3 is 2.06 bits per heavy atom. The second-order valence-corrected chi connectivity index (χ2v) is 7.73. The minimum atomic E-state index is -0.387. The number of benzene rings is 3. The van der Waals surface area contributed by atoms with Crippen molar-refractivity contribution in [1.29, 1.82) is 0 Å². The van der Waals surface area contributed by atoms with Crippen LogP contribution in [-0.4, -0.2) is 30.1 Å². The number of nitrogen functional groups attached to an aromatic ring is 1. The molecule has 6 heteroatoms. The molecule has 3 aromatic carbocycles. The van der Waals surface area contributed by atoms with Gasteiger partial charge in [0.2, 0.25) is 0 Å². The number of carbonyl (C=O) groups is 2. The number of ether oxygens (including phenoxy) is 2. The monoisotopic (exact) mass is 430 g/mol. The molecule has 0 spiro atoms. The van der Waals surface area contributed by atoms with Crippen LogP contribution >= 0.6 is 0 Å². The van der Waals surface area contributed by atoms with Gasteiger partial charge in [-0.2, -0.15) is 0 Å². The molecule has 0 saturated carbocycles. The molecule has 32 heavy (non-hydrogen) atoms. The lowest BCUT2D eigenvalue weighted by Crippen LogP contribution is -2.05. The number of hydrogen-bond donors (Lipinski definition) is 2.